The molecule has 23 heavy (non-hydrogen) atoms. The van der Waals surface area contributed by atoms with Gasteiger partial charge in [0, 0.05) is 22.6 Å². The Kier molecular flexibility index (Phi) is 3.97. The lowest BCUT2D eigenvalue weighted by molar-refractivity contribution is 0.545. The van der Waals surface area contributed by atoms with Gasteiger partial charge in [-0.05, 0) is 60.5 Å². The summed E-state index contributed by atoms with van der Waals surface area (Å²) in [5, 5.41) is 8.49. The molecule has 4 nitrogen and oxygen atoms in total. The Morgan fingerprint density at radius 3 is 3.13 bits per heavy atom. The van der Waals surface area contributed by atoms with Gasteiger partial charge in [-0.25, -0.2) is 9.37 Å². The van der Waals surface area contributed by atoms with Crippen LogP contribution in [-0.2, 0) is 12.8 Å². The van der Waals surface area contributed by atoms with Crippen LogP contribution in [0.4, 0.5) is 4.39 Å². The fraction of sp³-hybridized carbons (Fsp3) is 0.250. The van der Waals surface area contributed by atoms with Gasteiger partial charge in [0.1, 0.15) is 5.82 Å². The van der Waals surface area contributed by atoms with Crippen molar-refractivity contribution in [3.05, 3.63) is 52.6 Å². The Hall–Kier alpha value is -1.63. The van der Waals surface area contributed by atoms with E-state index >= 15 is 0 Å². The van der Waals surface area contributed by atoms with Crippen molar-refractivity contribution in [2.45, 2.75) is 30.2 Å². The van der Waals surface area contributed by atoms with Crippen molar-refractivity contribution in [3.63, 3.8) is 0 Å². The Morgan fingerprint density at radius 2 is 2.26 bits per heavy atom. The first kappa shape index (κ1) is 14.9. The van der Waals surface area contributed by atoms with Gasteiger partial charge in [-0.2, -0.15) is 5.10 Å². The average Bonchev–Trinajstić information content (AvgIpc) is 3.02. The highest BCUT2D eigenvalue weighted by atomic mass is 35.5. The van der Waals surface area contributed by atoms with E-state index in [2.05, 4.69) is 19.9 Å². The fourth-order valence-electron chi connectivity index (χ4n) is 2.95. The minimum absolute atomic E-state index is 0.286. The number of fused-ring (bicyclic) bond motifs is 3. The molecule has 0 saturated heterocycles. The summed E-state index contributed by atoms with van der Waals surface area (Å²) >= 11 is 7.10. The van der Waals surface area contributed by atoms with Crippen LogP contribution in [0.25, 0.3) is 11.0 Å². The predicted octanol–water partition coefficient (Wildman–Crippen LogP) is 3.90. The number of pyridine rings is 1. The van der Waals surface area contributed by atoms with E-state index in [9.17, 15) is 4.39 Å². The van der Waals surface area contributed by atoms with Crippen molar-refractivity contribution in [2.24, 2.45) is 0 Å². The van der Waals surface area contributed by atoms with Crippen molar-refractivity contribution in [2.75, 3.05) is 0 Å². The van der Waals surface area contributed by atoms with E-state index in [-0.39, 0.29) is 11.9 Å². The van der Waals surface area contributed by atoms with Crippen molar-refractivity contribution < 1.29 is 4.39 Å². The highest BCUT2D eigenvalue weighted by Gasteiger charge is 2.21. The lowest BCUT2D eigenvalue weighted by Gasteiger charge is -2.25. The number of hydrogen-bond donors (Lipinski definition) is 2. The smallest absolute Gasteiger partial charge is 0.155 e. The third-order valence-electron chi connectivity index (χ3n) is 4.12. The number of aromatic amines is 1. The number of rotatable bonds is 3. The summed E-state index contributed by atoms with van der Waals surface area (Å²) in [6, 6.07) is 5.02. The van der Waals surface area contributed by atoms with Gasteiger partial charge in [0.25, 0.3) is 0 Å². The maximum Gasteiger partial charge on any atom is 0.155 e. The number of aromatic nitrogens is 3. The quantitative estimate of drug-likeness (QED) is 0.705. The molecule has 0 amide bonds. The molecule has 0 fully saturated rings. The van der Waals surface area contributed by atoms with Crippen LogP contribution in [0.3, 0.4) is 0 Å². The van der Waals surface area contributed by atoms with Gasteiger partial charge < -0.3 is 0 Å². The Morgan fingerprint density at radius 1 is 1.35 bits per heavy atom. The zero-order valence-corrected chi connectivity index (χ0v) is 13.7. The molecule has 1 aliphatic rings. The Balaban J connectivity index is 1.48. The van der Waals surface area contributed by atoms with Crippen LogP contribution in [0.2, 0.25) is 5.02 Å². The number of aryl methyl sites for hydroxylation is 1. The van der Waals surface area contributed by atoms with Crippen LogP contribution in [-0.4, -0.2) is 21.2 Å². The lowest BCUT2D eigenvalue weighted by Crippen LogP contribution is -2.30. The number of nitrogens with zero attached hydrogens (tertiary/aromatic N) is 2. The molecule has 0 radical (unpaired) electrons. The molecule has 0 saturated carbocycles. The molecule has 0 spiro atoms. The zero-order valence-electron chi connectivity index (χ0n) is 12.1. The van der Waals surface area contributed by atoms with Crippen LogP contribution in [0.15, 0.2) is 35.5 Å². The Labute approximate surface area is 142 Å². The summed E-state index contributed by atoms with van der Waals surface area (Å²) in [7, 11) is 0. The standard InChI is InChI=1S/C16H14ClFN4S/c17-10-1-4-15(14(18)6-10)23-22-11-2-3-12-9(5-11)7-19-16-13(12)8-20-21-16/h1,4,6-8,11,22H,2-3,5H2,(H,19,20,21). The first-order valence-corrected chi connectivity index (χ1v) is 8.57. The summed E-state index contributed by atoms with van der Waals surface area (Å²) in [4.78, 5) is 4.96. The lowest BCUT2D eigenvalue weighted by atomic mass is 9.88. The number of benzene rings is 1. The van der Waals surface area contributed by atoms with E-state index in [1.807, 2.05) is 12.4 Å². The van der Waals surface area contributed by atoms with E-state index in [1.165, 1.54) is 29.1 Å². The summed E-state index contributed by atoms with van der Waals surface area (Å²) < 4.78 is 17.2. The number of hydrogen-bond acceptors (Lipinski definition) is 4. The van der Waals surface area contributed by atoms with Gasteiger partial charge >= 0.3 is 0 Å². The van der Waals surface area contributed by atoms with Gasteiger partial charge in [0.05, 0.1) is 11.1 Å². The second-order valence-corrected chi connectivity index (χ2v) is 6.94. The molecule has 118 valence electrons. The topological polar surface area (TPSA) is 53.6 Å². The van der Waals surface area contributed by atoms with Gasteiger partial charge in [0.15, 0.2) is 5.65 Å². The van der Waals surface area contributed by atoms with E-state index in [0.717, 1.165) is 30.3 Å². The minimum atomic E-state index is -0.298. The minimum Gasteiger partial charge on any atom is -0.261 e. The van der Waals surface area contributed by atoms with E-state index in [1.54, 1.807) is 12.1 Å². The third-order valence-corrected chi connectivity index (χ3v) is 5.36. The van der Waals surface area contributed by atoms with Crippen molar-refractivity contribution in [1.29, 1.82) is 0 Å². The SMILES string of the molecule is Fc1cc(Cl)ccc1SNC1CCc2c(cnc3[nH]ncc23)C1. The van der Waals surface area contributed by atoms with Crippen LogP contribution >= 0.6 is 23.5 Å². The highest BCUT2D eigenvalue weighted by molar-refractivity contribution is 7.97. The molecule has 0 bridgehead atoms. The molecule has 0 aliphatic heterocycles. The van der Waals surface area contributed by atoms with Crippen LogP contribution in [0.1, 0.15) is 17.5 Å². The molecule has 1 aromatic carbocycles. The van der Waals surface area contributed by atoms with E-state index in [4.69, 9.17) is 11.6 Å². The predicted molar refractivity (Wildman–Crippen MR) is 90.1 cm³/mol. The van der Waals surface area contributed by atoms with Crippen molar-refractivity contribution in [1.82, 2.24) is 19.9 Å². The van der Waals surface area contributed by atoms with Gasteiger partial charge in [-0.1, -0.05) is 11.6 Å². The normalized spacial score (nSPS) is 17.4. The van der Waals surface area contributed by atoms with Gasteiger partial charge in [-0.3, -0.25) is 9.82 Å². The van der Waals surface area contributed by atoms with Gasteiger partial charge in [-0.15, -0.1) is 0 Å². The first-order valence-electron chi connectivity index (χ1n) is 7.38. The molecule has 1 aliphatic carbocycles. The molecule has 2 N–H and O–H groups in total. The molecule has 2 heterocycles. The second-order valence-electron chi connectivity index (χ2n) is 5.63. The van der Waals surface area contributed by atoms with Crippen LogP contribution < -0.4 is 4.72 Å². The summed E-state index contributed by atoms with van der Waals surface area (Å²) in [6.45, 7) is 0. The maximum atomic E-state index is 13.8. The van der Waals surface area contributed by atoms with Crippen LogP contribution in [0.5, 0.6) is 0 Å². The summed E-state index contributed by atoms with van der Waals surface area (Å²) in [6.07, 6.45) is 6.60. The fourth-order valence-corrected chi connectivity index (χ4v) is 3.90. The number of H-pyrrole nitrogens is 1. The summed E-state index contributed by atoms with van der Waals surface area (Å²) in [5.74, 6) is -0.298. The largest absolute Gasteiger partial charge is 0.261 e. The first-order chi connectivity index (χ1) is 11.2. The number of nitrogens with one attached hydrogen (secondary N) is 2. The molecular formula is C16H14ClFN4S. The van der Waals surface area contributed by atoms with Crippen molar-refractivity contribution in [3.8, 4) is 0 Å². The summed E-state index contributed by atoms with van der Waals surface area (Å²) in [5.41, 5.74) is 3.40. The molecular weight excluding hydrogens is 335 g/mol. The average molecular weight is 349 g/mol. The molecule has 1 atom stereocenters. The molecule has 4 rings (SSSR count). The Bertz CT molecular complexity index is 866. The highest BCUT2D eigenvalue weighted by Crippen LogP contribution is 2.29. The van der Waals surface area contributed by atoms with E-state index in [0.29, 0.717) is 9.92 Å². The second kappa shape index (κ2) is 6.11. The van der Waals surface area contributed by atoms with Crippen LogP contribution in [0, 0.1) is 5.82 Å². The number of halogens is 2. The molecule has 7 heteroatoms. The van der Waals surface area contributed by atoms with Crippen molar-refractivity contribution >= 4 is 34.6 Å². The van der Waals surface area contributed by atoms with E-state index < -0.39 is 0 Å². The maximum absolute atomic E-state index is 13.8. The molecule has 2 aromatic heterocycles. The van der Waals surface area contributed by atoms with Gasteiger partial charge in [0.2, 0.25) is 0 Å². The molecule has 3 aromatic rings. The monoisotopic (exact) mass is 348 g/mol. The molecule has 1 unspecified atom stereocenters. The zero-order chi connectivity index (χ0) is 15.8. The third kappa shape index (κ3) is 2.94.